The highest BCUT2D eigenvalue weighted by atomic mass is 19.1. The Kier molecular flexibility index (Phi) is 3.61. The van der Waals surface area contributed by atoms with Crippen molar-refractivity contribution < 1.29 is 18.3 Å². The zero-order valence-corrected chi connectivity index (χ0v) is 13.2. The fourth-order valence-corrected chi connectivity index (χ4v) is 3.26. The van der Waals surface area contributed by atoms with Crippen LogP contribution < -0.4 is 4.74 Å². The first-order valence-electron chi connectivity index (χ1n) is 7.92. The van der Waals surface area contributed by atoms with Gasteiger partial charge in [0.15, 0.2) is 11.4 Å². The van der Waals surface area contributed by atoms with Crippen molar-refractivity contribution in [3.63, 3.8) is 0 Å². The van der Waals surface area contributed by atoms with Gasteiger partial charge in [0.2, 0.25) is 0 Å². The number of carbonyl (C=O) groups excluding carboxylic acids is 1. The van der Waals surface area contributed by atoms with Gasteiger partial charge < -0.3 is 4.74 Å². The second-order valence-corrected chi connectivity index (χ2v) is 6.04. The van der Waals surface area contributed by atoms with Crippen LogP contribution in [0.1, 0.15) is 27.9 Å². The van der Waals surface area contributed by atoms with Crippen LogP contribution in [0.5, 0.6) is 5.75 Å². The Morgan fingerprint density at radius 3 is 1.84 bits per heavy atom. The lowest BCUT2D eigenvalue weighted by Crippen LogP contribution is -2.40. The van der Waals surface area contributed by atoms with E-state index in [1.807, 2.05) is 0 Å². The minimum atomic E-state index is -1.12. The van der Waals surface area contributed by atoms with Crippen LogP contribution in [-0.2, 0) is 5.60 Å². The smallest absolute Gasteiger partial charge is 0.171 e. The van der Waals surface area contributed by atoms with Gasteiger partial charge in [0, 0.05) is 11.1 Å². The average Bonchev–Trinajstić information content (AvgIpc) is 2.63. The van der Waals surface area contributed by atoms with Gasteiger partial charge in [-0.05, 0) is 36.4 Å². The molecule has 3 aromatic carbocycles. The number of hydrogen-bond donors (Lipinski definition) is 0. The van der Waals surface area contributed by atoms with Gasteiger partial charge in [-0.3, -0.25) is 4.79 Å². The third kappa shape index (κ3) is 2.60. The fraction of sp³-hybridized carbons (Fsp3) is 0.0952. The number of carbonyl (C=O) groups is 1. The quantitative estimate of drug-likeness (QED) is 0.667. The van der Waals surface area contributed by atoms with Crippen LogP contribution in [0.25, 0.3) is 0 Å². The van der Waals surface area contributed by atoms with Gasteiger partial charge in [0.05, 0.1) is 12.0 Å². The van der Waals surface area contributed by atoms with Crippen molar-refractivity contribution in [1.29, 1.82) is 0 Å². The maximum atomic E-state index is 13.4. The van der Waals surface area contributed by atoms with Gasteiger partial charge in [-0.15, -0.1) is 0 Å². The third-order valence-electron chi connectivity index (χ3n) is 4.50. The predicted molar refractivity (Wildman–Crippen MR) is 89.6 cm³/mol. The molecule has 0 unspecified atom stereocenters. The van der Waals surface area contributed by atoms with E-state index < -0.39 is 5.60 Å². The van der Waals surface area contributed by atoms with Gasteiger partial charge in [0.1, 0.15) is 17.4 Å². The van der Waals surface area contributed by atoms with Crippen LogP contribution in [0.15, 0.2) is 72.8 Å². The van der Waals surface area contributed by atoms with Crippen molar-refractivity contribution in [3.05, 3.63) is 101 Å². The number of benzene rings is 3. The van der Waals surface area contributed by atoms with Gasteiger partial charge >= 0.3 is 0 Å². The Labute approximate surface area is 143 Å². The number of ketones is 1. The Morgan fingerprint density at radius 1 is 0.760 bits per heavy atom. The first-order chi connectivity index (χ1) is 12.1. The number of ether oxygens (including phenoxy) is 1. The number of Topliss-reactive ketones (excluding diaryl/α,β-unsaturated/α-hetero) is 1. The standard InChI is InChI=1S/C21H14F2O2/c22-16-9-5-14(6-10-16)21(15-7-11-17(23)12-8-15)13-19(24)18-3-1-2-4-20(18)25-21/h1-12H,13H2. The molecule has 0 bridgehead atoms. The molecule has 4 heteroatoms. The minimum absolute atomic E-state index is 0.0568. The third-order valence-corrected chi connectivity index (χ3v) is 4.50. The first kappa shape index (κ1) is 15.5. The average molecular weight is 336 g/mol. The first-order valence-corrected chi connectivity index (χ1v) is 7.92. The van der Waals surface area contributed by atoms with Gasteiger partial charge in [0.25, 0.3) is 0 Å². The summed E-state index contributed by atoms with van der Waals surface area (Å²) in [6, 6.07) is 18.7. The monoisotopic (exact) mass is 336 g/mol. The summed E-state index contributed by atoms with van der Waals surface area (Å²) in [5, 5.41) is 0. The van der Waals surface area contributed by atoms with E-state index in [1.54, 1.807) is 48.5 Å². The summed E-state index contributed by atoms with van der Waals surface area (Å²) in [4.78, 5) is 12.8. The van der Waals surface area contributed by atoms with E-state index in [4.69, 9.17) is 4.74 Å². The van der Waals surface area contributed by atoms with Crippen LogP contribution in [0, 0.1) is 11.6 Å². The molecule has 0 fully saturated rings. The molecule has 0 N–H and O–H groups in total. The van der Waals surface area contributed by atoms with E-state index in [0.29, 0.717) is 22.4 Å². The maximum absolute atomic E-state index is 13.4. The largest absolute Gasteiger partial charge is 0.477 e. The number of fused-ring (bicyclic) bond motifs is 1. The predicted octanol–water partition coefficient (Wildman–Crippen LogP) is 4.87. The SMILES string of the molecule is O=C1CC(c2ccc(F)cc2)(c2ccc(F)cc2)Oc2ccccc21. The summed E-state index contributed by atoms with van der Waals surface area (Å²) >= 11 is 0. The number of rotatable bonds is 2. The lowest BCUT2D eigenvalue weighted by molar-refractivity contribution is 0.0616. The summed E-state index contributed by atoms with van der Waals surface area (Å²) in [5.41, 5.74) is 0.682. The van der Waals surface area contributed by atoms with E-state index in [1.165, 1.54) is 24.3 Å². The number of para-hydroxylation sites is 1. The summed E-state index contributed by atoms with van der Waals surface area (Å²) in [6.45, 7) is 0. The van der Waals surface area contributed by atoms with Gasteiger partial charge in [-0.1, -0.05) is 36.4 Å². The van der Waals surface area contributed by atoms with Crippen molar-refractivity contribution in [2.24, 2.45) is 0 Å². The second kappa shape index (κ2) is 5.81. The van der Waals surface area contributed by atoms with Crippen molar-refractivity contribution in [1.82, 2.24) is 0 Å². The highest BCUT2D eigenvalue weighted by Gasteiger charge is 2.43. The molecular weight excluding hydrogens is 322 g/mol. The summed E-state index contributed by atoms with van der Waals surface area (Å²) < 4.78 is 33.1. The minimum Gasteiger partial charge on any atom is -0.477 e. The Morgan fingerprint density at radius 2 is 1.28 bits per heavy atom. The molecule has 25 heavy (non-hydrogen) atoms. The lowest BCUT2D eigenvalue weighted by atomic mass is 9.79. The van der Waals surface area contributed by atoms with Crippen LogP contribution >= 0.6 is 0 Å². The molecule has 3 aromatic rings. The molecule has 1 aliphatic rings. The van der Waals surface area contributed by atoms with Crippen LogP contribution in [0.2, 0.25) is 0 Å². The topological polar surface area (TPSA) is 26.3 Å². The summed E-state index contributed by atoms with van der Waals surface area (Å²) in [5.74, 6) is -0.357. The maximum Gasteiger partial charge on any atom is 0.171 e. The van der Waals surface area contributed by atoms with Crippen LogP contribution in [0.4, 0.5) is 8.78 Å². The van der Waals surface area contributed by atoms with Gasteiger partial charge in [-0.2, -0.15) is 0 Å². The normalized spacial score (nSPS) is 15.4. The van der Waals surface area contributed by atoms with Crippen molar-refractivity contribution in [2.45, 2.75) is 12.0 Å². The van der Waals surface area contributed by atoms with E-state index in [2.05, 4.69) is 0 Å². The molecule has 1 heterocycles. The lowest BCUT2D eigenvalue weighted by Gasteiger charge is -2.39. The van der Waals surface area contributed by atoms with E-state index >= 15 is 0 Å². The molecular formula is C21H14F2O2. The molecule has 0 amide bonds. The van der Waals surface area contributed by atoms with E-state index in [-0.39, 0.29) is 23.8 Å². The summed E-state index contributed by atoms with van der Waals surface area (Å²) in [6.07, 6.45) is 0.0568. The molecule has 0 aromatic heterocycles. The molecule has 0 atom stereocenters. The van der Waals surface area contributed by atoms with Crippen molar-refractivity contribution >= 4 is 5.78 Å². The molecule has 124 valence electrons. The Bertz CT molecular complexity index is 885. The highest BCUT2D eigenvalue weighted by Crippen LogP contribution is 2.44. The molecule has 0 spiro atoms. The molecule has 4 rings (SSSR count). The molecule has 1 aliphatic heterocycles. The zero-order chi connectivity index (χ0) is 17.4. The molecule has 0 radical (unpaired) electrons. The number of halogens is 2. The summed E-state index contributed by atoms with van der Waals surface area (Å²) in [7, 11) is 0. The van der Waals surface area contributed by atoms with Crippen LogP contribution in [-0.4, -0.2) is 5.78 Å². The van der Waals surface area contributed by atoms with E-state index in [0.717, 1.165) is 0 Å². The Hall–Kier alpha value is -3.01. The second-order valence-electron chi connectivity index (χ2n) is 6.04. The molecule has 0 aliphatic carbocycles. The molecule has 2 nitrogen and oxygen atoms in total. The van der Waals surface area contributed by atoms with E-state index in [9.17, 15) is 13.6 Å². The van der Waals surface area contributed by atoms with Crippen molar-refractivity contribution in [2.75, 3.05) is 0 Å². The zero-order valence-electron chi connectivity index (χ0n) is 13.2. The highest BCUT2D eigenvalue weighted by molar-refractivity contribution is 6.00. The van der Waals surface area contributed by atoms with Crippen LogP contribution in [0.3, 0.4) is 0 Å². The number of hydrogen-bond acceptors (Lipinski definition) is 2. The molecule has 0 saturated heterocycles. The Balaban J connectivity index is 1.93. The van der Waals surface area contributed by atoms with Gasteiger partial charge in [-0.25, -0.2) is 8.78 Å². The fourth-order valence-electron chi connectivity index (χ4n) is 3.26. The molecule has 0 saturated carbocycles. The van der Waals surface area contributed by atoms with Crippen molar-refractivity contribution in [3.8, 4) is 5.75 Å².